The number of aromatic hydroxyl groups is 1. The normalized spacial score (nSPS) is 12.3. The molecule has 106 valence electrons. The van der Waals surface area contributed by atoms with E-state index < -0.39 is 5.82 Å². The van der Waals surface area contributed by atoms with Gasteiger partial charge < -0.3 is 10.4 Å². The molecule has 2 N–H and O–H groups in total. The van der Waals surface area contributed by atoms with Gasteiger partial charge in [-0.1, -0.05) is 30.3 Å². The zero-order valence-corrected chi connectivity index (χ0v) is 11.9. The van der Waals surface area contributed by atoms with Gasteiger partial charge >= 0.3 is 0 Å². The van der Waals surface area contributed by atoms with Crippen LogP contribution in [0.15, 0.2) is 42.5 Å². The Bertz CT molecular complexity index is 583. The van der Waals surface area contributed by atoms with E-state index in [4.69, 9.17) is 0 Å². The summed E-state index contributed by atoms with van der Waals surface area (Å²) in [7, 11) is 0. The summed E-state index contributed by atoms with van der Waals surface area (Å²) in [5, 5.41) is 13.1. The Hall–Kier alpha value is -1.87. The highest BCUT2D eigenvalue weighted by Crippen LogP contribution is 2.24. The van der Waals surface area contributed by atoms with Crippen LogP contribution in [0.25, 0.3) is 0 Å². The Morgan fingerprint density at radius 2 is 1.95 bits per heavy atom. The highest BCUT2D eigenvalue weighted by Gasteiger charge is 2.10. The van der Waals surface area contributed by atoms with Crippen molar-refractivity contribution in [2.45, 2.75) is 26.3 Å². The Labute approximate surface area is 119 Å². The number of hydrogen-bond donors (Lipinski definition) is 2. The van der Waals surface area contributed by atoms with Crippen LogP contribution in [0.1, 0.15) is 29.7 Å². The number of hydrogen-bond acceptors (Lipinski definition) is 2. The Morgan fingerprint density at radius 1 is 1.20 bits per heavy atom. The van der Waals surface area contributed by atoms with Gasteiger partial charge in [-0.2, -0.15) is 0 Å². The molecule has 0 fully saturated rings. The molecule has 0 amide bonds. The van der Waals surface area contributed by atoms with Gasteiger partial charge in [0, 0.05) is 17.7 Å². The lowest BCUT2D eigenvalue weighted by atomic mass is 10.0. The molecule has 0 saturated heterocycles. The zero-order chi connectivity index (χ0) is 14.5. The smallest absolute Gasteiger partial charge is 0.126 e. The molecular formula is C17H20FNO. The van der Waals surface area contributed by atoms with Gasteiger partial charge in [-0.05, 0) is 44.0 Å². The van der Waals surface area contributed by atoms with Crippen LogP contribution in [0.5, 0.6) is 5.75 Å². The summed E-state index contributed by atoms with van der Waals surface area (Å²) in [6.45, 7) is 4.87. The van der Waals surface area contributed by atoms with Gasteiger partial charge in [-0.15, -0.1) is 0 Å². The van der Waals surface area contributed by atoms with E-state index in [1.807, 2.05) is 19.1 Å². The molecule has 0 spiro atoms. The molecule has 2 rings (SSSR count). The van der Waals surface area contributed by atoms with E-state index in [1.165, 1.54) is 17.2 Å². The van der Waals surface area contributed by atoms with Crippen molar-refractivity contribution in [2.75, 3.05) is 6.54 Å². The maximum absolute atomic E-state index is 12.9. The van der Waals surface area contributed by atoms with Crippen molar-refractivity contribution in [1.29, 1.82) is 0 Å². The summed E-state index contributed by atoms with van der Waals surface area (Å²) < 4.78 is 12.9. The SMILES string of the molecule is Cc1ccccc1CCNC(C)c1ccc(F)cc1O. The predicted molar refractivity (Wildman–Crippen MR) is 79.4 cm³/mol. The van der Waals surface area contributed by atoms with Crippen LogP contribution < -0.4 is 5.32 Å². The number of benzene rings is 2. The highest BCUT2D eigenvalue weighted by molar-refractivity contribution is 5.35. The fourth-order valence-electron chi connectivity index (χ4n) is 2.31. The Kier molecular flexibility index (Phi) is 4.74. The summed E-state index contributed by atoms with van der Waals surface area (Å²) in [5.74, 6) is -0.417. The maximum atomic E-state index is 12.9. The lowest BCUT2D eigenvalue weighted by molar-refractivity contribution is 0.447. The summed E-state index contributed by atoms with van der Waals surface area (Å²) >= 11 is 0. The molecule has 2 aromatic carbocycles. The van der Waals surface area contributed by atoms with Crippen LogP contribution >= 0.6 is 0 Å². The van der Waals surface area contributed by atoms with Crippen LogP contribution in [0, 0.1) is 12.7 Å². The van der Waals surface area contributed by atoms with Gasteiger partial charge in [0.1, 0.15) is 11.6 Å². The van der Waals surface area contributed by atoms with Crippen molar-refractivity contribution in [1.82, 2.24) is 5.32 Å². The van der Waals surface area contributed by atoms with Crippen LogP contribution in [0.3, 0.4) is 0 Å². The molecule has 1 atom stereocenters. The van der Waals surface area contributed by atoms with Crippen molar-refractivity contribution in [3.63, 3.8) is 0 Å². The maximum Gasteiger partial charge on any atom is 0.126 e. The van der Waals surface area contributed by atoms with Gasteiger partial charge in [0.15, 0.2) is 0 Å². The van der Waals surface area contributed by atoms with E-state index in [-0.39, 0.29) is 11.8 Å². The topological polar surface area (TPSA) is 32.3 Å². The van der Waals surface area contributed by atoms with Crippen molar-refractivity contribution in [3.05, 3.63) is 65.0 Å². The van der Waals surface area contributed by atoms with Gasteiger partial charge in [0.2, 0.25) is 0 Å². The van der Waals surface area contributed by atoms with Crippen molar-refractivity contribution < 1.29 is 9.50 Å². The summed E-state index contributed by atoms with van der Waals surface area (Å²) in [4.78, 5) is 0. The van der Waals surface area contributed by atoms with Crippen LogP contribution in [-0.4, -0.2) is 11.7 Å². The molecule has 2 nitrogen and oxygen atoms in total. The molecule has 2 aromatic rings. The fourth-order valence-corrected chi connectivity index (χ4v) is 2.31. The number of rotatable bonds is 5. The van der Waals surface area contributed by atoms with Crippen LogP contribution in [-0.2, 0) is 6.42 Å². The van der Waals surface area contributed by atoms with E-state index in [1.54, 1.807) is 6.07 Å². The average Bonchev–Trinajstić information content (AvgIpc) is 2.40. The molecule has 0 heterocycles. The van der Waals surface area contributed by atoms with E-state index in [2.05, 4.69) is 24.4 Å². The molecular weight excluding hydrogens is 253 g/mol. The first-order chi connectivity index (χ1) is 9.58. The van der Waals surface area contributed by atoms with E-state index >= 15 is 0 Å². The molecule has 0 bridgehead atoms. The first-order valence-electron chi connectivity index (χ1n) is 6.84. The molecule has 3 heteroatoms. The number of halogens is 1. The predicted octanol–water partition coefficient (Wildman–Crippen LogP) is 3.73. The van der Waals surface area contributed by atoms with Crippen molar-refractivity contribution >= 4 is 0 Å². The Balaban J connectivity index is 1.92. The van der Waals surface area contributed by atoms with Gasteiger partial charge in [-0.25, -0.2) is 4.39 Å². The first kappa shape index (κ1) is 14.5. The lowest BCUT2D eigenvalue weighted by Crippen LogP contribution is -2.21. The summed E-state index contributed by atoms with van der Waals surface area (Å²) in [6.07, 6.45) is 0.930. The minimum Gasteiger partial charge on any atom is -0.508 e. The lowest BCUT2D eigenvalue weighted by Gasteiger charge is -2.16. The van der Waals surface area contributed by atoms with Gasteiger partial charge in [0.05, 0.1) is 0 Å². The highest BCUT2D eigenvalue weighted by atomic mass is 19.1. The van der Waals surface area contributed by atoms with Crippen LogP contribution in [0.4, 0.5) is 4.39 Å². The number of aryl methyl sites for hydroxylation is 1. The number of nitrogens with one attached hydrogen (secondary N) is 1. The van der Waals surface area contributed by atoms with E-state index in [9.17, 15) is 9.50 Å². The van der Waals surface area contributed by atoms with Gasteiger partial charge in [0.25, 0.3) is 0 Å². The standard InChI is InChI=1S/C17H20FNO/c1-12-5-3-4-6-14(12)9-10-19-13(2)16-8-7-15(18)11-17(16)20/h3-8,11,13,19-20H,9-10H2,1-2H3. The average molecular weight is 273 g/mol. The van der Waals surface area contributed by atoms with E-state index in [0.29, 0.717) is 0 Å². The molecule has 0 aliphatic heterocycles. The molecule has 0 radical (unpaired) electrons. The van der Waals surface area contributed by atoms with Crippen LogP contribution in [0.2, 0.25) is 0 Å². The van der Waals surface area contributed by atoms with Crippen molar-refractivity contribution in [2.24, 2.45) is 0 Å². The third-order valence-corrected chi connectivity index (χ3v) is 3.57. The first-order valence-corrected chi connectivity index (χ1v) is 6.84. The third-order valence-electron chi connectivity index (χ3n) is 3.57. The minimum atomic E-state index is -0.418. The van der Waals surface area contributed by atoms with Crippen molar-refractivity contribution in [3.8, 4) is 5.75 Å². The minimum absolute atomic E-state index is 0.000826. The number of phenols is 1. The molecule has 20 heavy (non-hydrogen) atoms. The Morgan fingerprint density at radius 3 is 2.65 bits per heavy atom. The second-order valence-electron chi connectivity index (χ2n) is 5.06. The monoisotopic (exact) mass is 273 g/mol. The molecule has 1 unspecified atom stereocenters. The third kappa shape index (κ3) is 3.58. The largest absolute Gasteiger partial charge is 0.508 e. The molecule has 0 aliphatic rings. The number of phenolic OH excluding ortho intramolecular Hbond substituents is 1. The quantitative estimate of drug-likeness (QED) is 0.870. The van der Waals surface area contributed by atoms with Gasteiger partial charge in [-0.3, -0.25) is 0 Å². The molecule has 0 aromatic heterocycles. The zero-order valence-electron chi connectivity index (χ0n) is 11.9. The second-order valence-corrected chi connectivity index (χ2v) is 5.06. The second kappa shape index (κ2) is 6.53. The summed E-state index contributed by atoms with van der Waals surface area (Å²) in [5.41, 5.74) is 3.32. The summed E-state index contributed by atoms with van der Waals surface area (Å²) in [6, 6.07) is 12.4. The fraction of sp³-hybridized carbons (Fsp3) is 0.294. The molecule has 0 aliphatic carbocycles. The van der Waals surface area contributed by atoms with E-state index in [0.717, 1.165) is 24.6 Å². The molecule has 0 saturated carbocycles.